The van der Waals surface area contributed by atoms with Crippen molar-refractivity contribution >= 4 is 23.9 Å². The van der Waals surface area contributed by atoms with Crippen molar-refractivity contribution in [3.05, 3.63) is 71.8 Å². The van der Waals surface area contributed by atoms with E-state index in [0.29, 0.717) is 5.56 Å². The number of hydrogen-bond acceptors (Lipinski definition) is 15. The normalized spacial score (nSPS) is 29.8. The predicted octanol–water partition coefficient (Wildman–Crippen LogP) is 1.60. The van der Waals surface area contributed by atoms with E-state index in [1.165, 1.54) is 21.1 Å². The fourth-order valence-corrected chi connectivity index (χ4v) is 5.52. The van der Waals surface area contributed by atoms with E-state index >= 15 is 0 Å². The lowest BCUT2D eigenvalue weighted by atomic mass is 9.96. The minimum Gasteiger partial charge on any atom is -0.463 e. The van der Waals surface area contributed by atoms with E-state index in [0.717, 1.165) is 19.4 Å². The van der Waals surface area contributed by atoms with E-state index in [-0.39, 0.29) is 13.2 Å². The number of benzene rings is 2. The second kappa shape index (κ2) is 18.2. The van der Waals surface area contributed by atoms with Gasteiger partial charge in [-0.15, -0.1) is 0 Å². The van der Waals surface area contributed by atoms with Crippen LogP contribution in [0.25, 0.3) is 0 Å². The molecule has 0 aromatic heterocycles. The van der Waals surface area contributed by atoms with Crippen molar-refractivity contribution < 1.29 is 71.7 Å². The van der Waals surface area contributed by atoms with E-state index < -0.39 is 91.9 Å². The molecule has 0 bridgehead atoms. The van der Waals surface area contributed by atoms with Crippen LogP contribution in [0.5, 0.6) is 0 Å². The first-order chi connectivity index (χ1) is 23.5. The predicted molar refractivity (Wildman–Crippen MR) is 165 cm³/mol. The Kier molecular flexibility index (Phi) is 14.0. The van der Waals surface area contributed by atoms with Gasteiger partial charge in [0, 0.05) is 35.0 Å². The molecule has 10 atom stereocenters. The minimum atomic E-state index is -1.60. The molecule has 2 fully saturated rings. The molecular formula is C34H42O15. The highest BCUT2D eigenvalue weighted by Crippen LogP contribution is 2.34. The summed E-state index contributed by atoms with van der Waals surface area (Å²) >= 11 is 0. The summed E-state index contributed by atoms with van der Waals surface area (Å²) in [6.07, 6.45) is -13.6. The molecule has 1 N–H and O–H groups in total. The maximum absolute atomic E-state index is 13.3. The number of carbonyl (C=O) groups excluding carboxylic acids is 4. The van der Waals surface area contributed by atoms with Crippen molar-refractivity contribution in [2.75, 3.05) is 20.8 Å². The number of aliphatic hydroxyl groups excluding tert-OH is 1. The van der Waals surface area contributed by atoms with Gasteiger partial charge in [-0.25, -0.2) is 4.79 Å². The Labute approximate surface area is 283 Å². The average Bonchev–Trinajstić information content (AvgIpc) is 3.07. The number of methoxy groups -OCH3 is 2. The lowest BCUT2D eigenvalue weighted by molar-refractivity contribution is -0.359. The third-order valence-electron chi connectivity index (χ3n) is 7.72. The van der Waals surface area contributed by atoms with Gasteiger partial charge in [-0.2, -0.15) is 0 Å². The summed E-state index contributed by atoms with van der Waals surface area (Å²) in [6, 6.07) is 17.9. The first-order valence-electron chi connectivity index (χ1n) is 15.6. The Balaban J connectivity index is 1.67. The van der Waals surface area contributed by atoms with Crippen LogP contribution in [0.15, 0.2) is 60.7 Å². The molecule has 268 valence electrons. The lowest BCUT2D eigenvalue weighted by Crippen LogP contribution is -2.66. The summed E-state index contributed by atoms with van der Waals surface area (Å²) in [5.41, 5.74) is 1.45. The van der Waals surface area contributed by atoms with Gasteiger partial charge in [0.05, 0.1) is 6.61 Å². The van der Waals surface area contributed by atoms with Crippen molar-refractivity contribution in [1.82, 2.24) is 0 Å². The average molecular weight is 691 g/mol. The van der Waals surface area contributed by atoms with Crippen molar-refractivity contribution in [2.45, 2.75) is 95.4 Å². The molecule has 2 aromatic rings. The standard InChI is InChI=1S/C34H42O15/c1-19(35)42-18-24-26(29(45-20(2)36)31(34(47-24)46-21(3)37)43-16-22-12-8-6-9-13-22)48-33-30(41-5)27(40-4)25(38)28(49-33)32(39)44-17-23-14-10-7-11-15-23/h6-15,24-31,33-34,38H,16-18H2,1-5H3/t24?,25-,26+,27?,28?,29?,30-,31?,33+,34-/m0/s1. The van der Waals surface area contributed by atoms with Gasteiger partial charge in [0.2, 0.25) is 6.29 Å². The number of hydrogen-bond donors (Lipinski definition) is 1. The topological polar surface area (TPSA) is 181 Å². The molecule has 0 aliphatic carbocycles. The molecule has 49 heavy (non-hydrogen) atoms. The van der Waals surface area contributed by atoms with Crippen LogP contribution in [0.2, 0.25) is 0 Å². The Hall–Kier alpha value is -3.96. The Morgan fingerprint density at radius 3 is 1.80 bits per heavy atom. The van der Waals surface area contributed by atoms with Crippen LogP contribution in [-0.2, 0) is 79.8 Å². The highest BCUT2D eigenvalue weighted by atomic mass is 16.8. The molecule has 2 aromatic carbocycles. The minimum absolute atomic E-state index is 0.0143. The maximum Gasteiger partial charge on any atom is 0.338 e. The summed E-state index contributed by atoms with van der Waals surface area (Å²) in [4.78, 5) is 49.8. The molecule has 2 saturated heterocycles. The van der Waals surface area contributed by atoms with Crippen LogP contribution in [-0.4, -0.2) is 111 Å². The molecule has 15 heteroatoms. The van der Waals surface area contributed by atoms with Crippen molar-refractivity contribution in [1.29, 1.82) is 0 Å². The van der Waals surface area contributed by atoms with Gasteiger partial charge >= 0.3 is 23.9 Å². The largest absolute Gasteiger partial charge is 0.463 e. The maximum atomic E-state index is 13.3. The van der Waals surface area contributed by atoms with Crippen LogP contribution in [0.3, 0.4) is 0 Å². The summed E-state index contributed by atoms with van der Waals surface area (Å²) in [7, 11) is 2.62. The zero-order valence-electron chi connectivity index (χ0n) is 27.8. The molecule has 0 saturated carbocycles. The van der Waals surface area contributed by atoms with Gasteiger partial charge in [0.25, 0.3) is 0 Å². The van der Waals surface area contributed by atoms with Gasteiger partial charge in [-0.3, -0.25) is 14.4 Å². The molecule has 0 spiro atoms. The van der Waals surface area contributed by atoms with Crippen LogP contribution >= 0.6 is 0 Å². The van der Waals surface area contributed by atoms with Crippen molar-refractivity contribution in [3.63, 3.8) is 0 Å². The van der Waals surface area contributed by atoms with Crippen LogP contribution in [0, 0.1) is 0 Å². The fourth-order valence-electron chi connectivity index (χ4n) is 5.52. The molecule has 0 amide bonds. The zero-order chi connectivity index (χ0) is 35.5. The fraction of sp³-hybridized carbons (Fsp3) is 0.529. The molecule has 2 heterocycles. The van der Waals surface area contributed by atoms with Crippen LogP contribution in [0.4, 0.5) is 0 Å². The summed E-state index contributed by atoms with van der Waals surface area (Å²) in [6.45, 7) is 2.95. The van der Waals surface area contributed by atoms with Gasteiger partial charge in [0.1, 0.15) is 43.7 Å². The number of rotatable bonds is 14. The van der Waals surface area contributed by atoms with Crippen LogP contribution in [0.1, 0.15) is 31.9 Å². The molecule has 0 radical (unpaired) electrons. The molecule has 15 nitrogen and oxygen atoms in total. The molecule has 2 aliphatic rings. The molecule has 2 aliphatic heterocycles. The number of carbonyl (C=O) groups is 4. The highest BCUT2D eigenvalue weighted by Gasteiger charge is 2.56. The smallest absolute Gasteiger partial charge is 0.338 e. The van der Waals surface area contributed by atoms with Gasteiger partial charge in [-0.05, 0) is 11.1 Å². The van der Waals surface area contributed by atoms with E-state index in [1.54, 1.807) is 48.5 Å². The van der Waals surface area contributed by atoms with E-state index in [9.17, 15) is 24.3 Å². The first-order valence-corrected chi connectivity index (χ1v) is 15.6. The zero-order valence-corrected chi connectivity index (χ0v) is 27.8. The summed E-state index contributed by atoms with van der Waals surface area (Å²) in [5, 5.41) is 11.1. The van der Waals surface area contributed by atoms with Gasteiger partial charge < -0.3 is 52.5 Å². The molecule has 4 rings (SSSR count). The third-order valence-corrected chi connectivity index (χ3v) is 7.72. The number of esters is 4. The molecule has 5 unspecified atom stereocenters. The van der Waals surface area contributed by atoms with Crippen molar-refractivity contribution in [3.8, 4) is 0 Å². The first kappa shape index (κ1) is 37.9. The van der Waals surface area contributed by atoms with E-state index in [2.05, 4.69) is 0 Å². The van der Waals surface area contributed by atoms with Crippen molar-refractivity contribution in [2.24, 2.45) is 0 Å². The second-order valence-corrected chi connectivity index (χ2v) is 11.3. The Bertz CT molecular complexity index is 1370. The Morgan fingerprint density at radius 2 is 1.24 bits per heavy atom. The quantitative estimate of drug-likeness (QED) is 0.223. The van der Waals surface area contributed by atoms with Gasteiger partial charge in [-0.1, -0.05) is 60.7 Å². The second-order valence-electron chi connectivity index (χ2n) is 11.3. The molecular weight excluding hydrogens is 648 g/mol. The van der Waals surface area contributed by atoms with Gasteiger partial charge in [0.15, 0.2) is 24.6 Å². The monoisotopic (exact) mass is 690 g/mol. The highest BCUT2D eigenvalue weighted by molar-refractivity contribution is 5.76. The SMILES string of the molecule is COC1[C@H](O)C(C(=O)OCc2ccccc2)O[C@@H](O[C@@H]2C(COC(C)=O)O[C@H](OC(C)=O)C(OCc3ccccc3)C2OC(C)=O)[C@H]1OC. The number of aliphatic hydroxyl groups is 1. The summed E-state index contributed by atoms with van der Waals surface area (Å²) in [5.74, 6) is -3.05. The summed E-state index contributed by atoms with van der Waals surface area (Å²) < 4.78 is 57.6. The van der Waals surface area contributed by atoms with Crippen LogP contribution < -0.4 is 0 Å². The Morgan fingerprint density at radius 1 is 0.653 bits per heavy atom. The van der Waals surface area contributed by atoms with E-state index in [4.69, 9.17) is 47.4 Å². The lowest BCUT2D eigenvalue weighted by Gasteiger charge is -2.48. The van der Waals surface area contributed by atoms with E-state index in [1.807, 2.05) is 12.1 Å². The third kappa shape index (κ3) is 10.3. The number of ether oxygens (including phenoxy) is 10.